The van der Waals surface area contributed by atoms with Crippen molar-refractivity contribution in [3.63, 3.8) is 0 Å². The molecule has 0 aliphatic carbocycles. The van der Waals surface area contributed by atoms with Crippen LogP contribution < -0.4 is 11.1 Å². The Balaban J connectivity index is 1.62. The van der Waals surface area contributed by atoms with Crippen molar-refractivity contribution in [3.05, 3.63) is 66.7 Å². The molecule has 1 atom stereocenters. The molecule has 7 heteroatoms. The summed E-state index contributed by atoms with van der Waals surface area (Å²) in [5.41, 5.74) is 8.90. The Morgan fingerprint density at radius 1 is 1.08 bits per heavy atom. The number of hydrogen-bond donors (Lipinski definition) is 2. The molecule has 2 aromatic carbocycles. The zero-order chi connectivity index (χ0) is 17.2. The van der Waals surface area contributed by atoms with Crippen molar-refractivity contribution in [1.29, 1.82) is 0 Å². The van der Waals surface area contributed by atoms with Crippen molar-refractivity contribution in [3.8, 4) is 5.69 Å². The summed E-state index contributed by atoms with van der Waals surface area (Å²) in [4.78, 5) is 12.9. The zero-order valence-electron chi connectivity index (χ0n) is 13.7. The summed E-state index contributed by atoms with van der Waals surface area (Å²) in [6.45, 7) is 2.05. The molecule has 0 saturated carbocycles. The van der Waals surface area contributed by atoms with E-state index in [0.717, 1.165) is 22.2 Å². The molecule has 1 unspecified atom stereocenters. The Labute approximate surface area is 144 Å². The van der Waals surface area contributed by atoms with Gasteiger partial charge in [0.2, 0.25) is 5.95 Å². The topological polar surface area (TPSA) is 94.5 Å². The van der Waals surface area contributed by atoms with E-state index in [1.807, 2.05) is 42.5 Å². The van der Waals surface area contributed by atoms with E-state index in [4.69, 9.17) is 5.73 Å². The number of para-hydroxylation sites is 1. The summed E-state index contributed by atoms with van der Waals surface area (Å²) in [5.74, 6) is 0.978. The highest BCUT2D eigenvalue weighted by atomic mass is 15.3. The van der Waals surface area contributed by atoms with E-state index in [9.17, 15) is 0 Å². The van der Waals surface area contributed by atoms with Crippen LogP contribution in [-0.4, -0.2) is 24.7 Å². The predicted octanol–water partition coefficient (Wildman–Crippen LogP) is 2.97. The number of anilines is 2. The quantitative estimate of drug-likeness (QED) is 0.597. The van der Waals surface area contributed by atoms with Crippen molar-refractivity contribution in [2.24, 2.45) is 0 Å². The van der Waals surface area contributed by atoms with E-state index in [-0.39, 0.29) is 6.04 Å². The third kappa shape index (κ3) is 2.99. The molecule has 4 aromatic rings. The number of nitrogen functional groups attached to an aromatic ring is 1. The molecule has 0 saturated heterocycles. The highest BCUT2D eigenvalue weighted by Crippen LogP contribution is 2.23. The fourth-order valence-electron chi connectivity index (χ4n) is 2.72. The summed E-state index contributed by atoms with van der Waals surface area (Å²) < 4.78 is 1.72. The molecule has 7 nitrogen and oxygen atoms in total. The normalized spacial score (nSPS) is 12.2. The average Bonchev–Trinajstić information content (AvgIpc) is 3.17. The first kappa shape index (κ1) is 15.1. The molecular weight excluding hydrogens is 314 g/mol. The number of aromatic nitrogens is 5. The van der Waals surface area contributed by atoms with Crippen molar-refractivity contribution in [2.75, 3.05) is 11.1 Å². The molecule has 4 rings (SSSR count). The lowest BCUT2D eigenvalue weighted by Gasteiger charge is -2.16. The number of benzene rings is 2. The fraction of sp³-hybridized carbons (Fsp3) is 0.111. The van der Waals surface area contributed by atoms with Crippen LogP contribution in [0.5, 0.6) is 0 Å². The van der Waals surface area contributed by atoms with Crippen molar-refractivity contribution >= 4 is 22.7 Å². The van der Waals surface area contributed by atoms with Crippen LogP contribution in [0.1, 0.15) is 18.5 Å². The van der Waals surface area contributed by atoms with Gasteiger partial charge < -0.3 is 11.1 Å². The Morgan fingerprint density at radius 3 is 2.80 bits per heavy atom. The van der Waals surface area contributed by atoms with Crippen LogP contribution >= 0.6 is 0 Å². The van der Waals surface area contributed by atoms with E-state index in [1.165, 1.54) is 6.33 Å². The second-order valence-corrected chi connectivity index (χ2v) is 5.75. The third-order valence-corrected chi connectivity index (χ3v) is 4.03. The van der Waals surface area contributed by atoms with Crippen LogP contribution in [0.2, 0.25) is 0 Å². The van der Waals surface area contributed by atoms with Crippen LogP contribution in [0.15, 0.2) is 61.2 Å². The number of rotatable bonds is 4. The minimum atomic E-state index is 0.00373. The minimum Gasteiger partial charge on any atom is -0.383 e. The van der Waals surface area contributed by atoms with Gasteiger partial charge in [0.15, 0.2) is 0 Å². The summed E-state index contributed by atoms with van der Waals surface area (Å²) in [6.07, 6.45) is 3.18. The van der Waals surface area contributed by atoms with Crippen LogP contribution in [0.4, 0.5) is 11.8 Å². The second-order valence-electron chi connectivity index (χ2n) is 5.75. The van der Waals surface area contributed by atoms with Crippen LogP contribution in [-0.2, 0) is 0 Å². The van der Waals surface area contributed by atoms with Gasteiger partial charge in [-0.05, 0) is 36.8 Å². The van der Waals surface area contributed by atoms with Crippen LogP contribution in [0.25, 0.3) is 16.6 Å². The fourth-order valence-corrected chi connectivity index (χ4v) is 2.72. The molecule has 0 radical (unpaired) electrons. The predicted molar refractivity (Wildman–Crippen MR) is 97.3 cm³/mol. The number of hydrogen-bond acceptors (Lipinski definition) is 6. The first-order valence-electron chi connectivity index (χ1n) is 7.94. The van der Waals surface area contributed by atoms with Gasteiger partial charge in [0, 0.05) is 5.39 Å². The lowest BCUT2D eigenvalue weighted by molar-refractivity contribution is 0.844. The minimum absolute atomic E-state index is 0.00373. The largest absolute Gasteiger partial charge is 0.383 e. The van der Waals surface area contributed by atoms with E-state index < -0.39 is 0 Å². The van der Waals surface area contributed by atoms with Crippen molar-refractivity contribution in [1.82, 2.24) is 24.7 Å². The molecule has 3 N–H and O–H groups in total. The van der Waals surface area contributed by atoms with E-state index >= 15 is 0 Å². The van der Waals surface area contributed by atoms with Crippen LogP contribution in [0.3, 0.4) is 0 Å². The van der Waals surface area contributed by atoms with Gasteiger partial charge in [0.05, 0.1) is 17.2 Å². The molecule has 25 heavy (non-hydrogen) atoms. The smallest absolute Gasteiger partial charge is 0.225 e. The first-order valence-corrected chi connectivity index (χ1v) is 7.94. The second kappa shape index (κ2) is 6.20. The Bertz CT molecular complexity index is 1010. The number of nitrogens with zero attached hydrogens (tertiary/aromatic N) is 5. The number of nitrogens with two attached hydrogens (primary N) is 1. The van der Waals surface area contributed by atoms with Crippen molar-refractivity contribution in [2.45, 2.75) is 13.0 Å². The van der Waals surface area contributed by atoms with Gasteiger partial charge in [0.25, 0.3) is 0 Å². The zero-order valence-corrected chi connectivity index (χ0v) is 13.7. The van der Waals surface area contributed by atoms with Gasteiger partial charge >= 0.3 is 0 Å². The van der Waals surface area contributed by atoms with E-state index in [1.54, 1.807) is 11.0 Å². The van der Waals surface area contributed by atoms with Gasteiger partial charge in [-0.3, -0.25) is 0 Å². The highest BCUT2D eigenvalue weighted by Gasteiger charge is 2.10. The number of fused-ring (bicyclic) bond motifs is 1. The van der Waals surface area contributed by atoms with Gasteiger partial charge in [-0.1, -0.05) is 24.3 Å². The summed E-state index contributed by atoms with van der Waals surface area (Å²) in [5, 5.41) is 8.33. The van der Waals surface area contributed by atoms with Gasteiger partial charge in [-0.15, -0.1) is 0 Å². The highest BCUT2D eigenvalue weighted by molar-refractivity contribution is 5.88. The monoisotopic (exact) mass is 331 g/mol. The summed E-state index contributed by atoms with van der Waals surface area (Å²) in [7, 11) is 0. The Kier molecular flexibility index (Phi) is 3.74. The third-order valence-electron chi connectivity index (χ3n) is 4.03. The molecular formula is C18H17N7. The molecule has 0 bridgehead atoms. The molecule has 0 aliphatic rings. The SMILES string of the molecule is CC(Nc1nc(N)c2ccccc2n1)c1cccc(-n2cncn2)c1. The van der Waals surface area contributed by atoms with Gasteiger partial charge in [0.1, 0.15) is 18.5 Å². The molecule has 0 spiro atoms. The van der Waals surface area contributed by atoms with Gasteiger partial charge in [-0.2, -0.15) is 10.1 Å². The lowest BCUT2D eigenvalue weighted by Crippen LogP contribution is -2.11. The molecule has 0 aliphatic heterocycles. The molecule has 0 fully saturated rings. The maximum atomic E-state index is 6.05. The maximum Gasteiger partial charge on any atom is 0.225 e. The molecule has 124 valence electrons. The first-order chi connectivity index (χ1) is 12.2. The molecule has 2 heterocycles. The number of nitrogens with one attached hydrogen (secondary N) is 1. The molecule has 2 aromatic heterocycles. The molecule has 0 amide bonds. The Hall–Kier alpha value is -3.48. The lowest BCUT2D eigenvalue weighted by atomic mass is 10.1. The maximum absolute atomic E-state index is 6.05. The summed E-state index contributed by atoms with van der Waals surface area (Å²) in [6, 6.07) is 15.8. The average molecular weight is 331 g/mol. The van der Waals surface area contributed by atoms with E-state index in [2.05, 4.69) is 38.4 Å². The summed E-state index contributed by atoms with van der Waals surface area (Å²) >= 11 is 0. The van der Waals surface area contributed by atoms with Gasteiger partial charge in [-0.25, -0.2) is 14.6 Å². The van der Waals surface area contributed by atoms with Crippen molar-refractivity contribution < 1.29 is 0 Å². The Morgan fingerprint density at radius 2 is 1.96 bits per heavy atom. The standard InChI is InChI=1S/C18H17N7/c1-12(13-5-4-6-14(9-13)25-11-20-10-21-25)22-18-23-16-8-3-2-7-15(16)17(19)24-18/h2-12H,1H3,(H3,19,22,23,24). The van der Waals surface area contributed by atoms with Crippen LogP contribution in [0, 0.1) is 0 Å². The van der Waals surface area contributed by atoms with E-state index in [0.29, 0.717) is 11.8 Å².